The lowest BCUT2D eigenvalue weighted by atomic mass is 10.4. The van der Waals surface area contributed by atoms with Crippen LogP contribution in [-0.4, -0.2) is 4.98 Å². The van der Waals surface area contributed by atoms with Gasteiger partial charge in [-0.15, -0.1) is 0 Å². The van der Waals surface area contributed by atoms with Crippen molar-refractivity contribution in [2.24, 2.45) is 5.84 Å². The van der Waals surface area contributed by atoms with Crippen LogP contribution in [0.25, 0.3) is 10.9 Å². The van der Waals surface area contributed by atoms with Crippen LogP contribution in [0, 0.1) is 0 Å². The number of aromatic nitrogens is 1. The molecule has 1 aromatic carbocycles. The molecular formula is C6H5N3O. The fourth-order valence-electron chi connectivity index (χ4n) is 0.924. The van der Waals surface area contributed by atoms with Gasteiger partial charge in [0, 0.05) is 6.20 Å². The molecule has 4 heteroatoms. The van der Waals surface area contributed by atoms with Crippen molar-refractivity contribution in [3.05, 3.63) is 22.5 Å². The van der Waals surface area contributed by atoms with Crippen molar-refractivity contribution in [2.75, 3.05) is 5.43 Å². The molecule has 0 aliphatic rings. The van der Waals surface area contributed by atoms with E-state index in [2.05, 4.69) is 10.4 Å². The summed E-state index contributed by atoms with van der Waals surface area (Å²) in [6.07, 6.45) is 1.55. The Labute approximate surface area is 56.3 Å². The standard InChI is InChI=1S/C6H5N3O/c7-9-3-1-2-8-5-4(3)6(5)10/h1-2H,7H2,(H,8,9). The van der Waals surface area contributed by atoms with Crippen LogP contribution in [-0.2, 0) is 0 Å². The molecule has 0 amide bonds. The number of nitrogen functional groups attached to an aromatic ring is 1. The molecule has 50 valence electrons. The molecule has 0 aliphatic carbocycles. The molecule has 0 spiro atoms. The highest BCUT2D eigenvalue weighted by Crippen LogP contribution is 2.20. The van der Waals surface area contributed by atoms with Crippen LogP contribution in [0.15, 0.2) is 17.1 Å². The normalized spacial score (nSPS) is 10.9. The van der Waals surface area contributed by atoms with Gasteiger partial charge in [-0.05, 0) is 6.07 Å². The summed E-state index contributed by atoms with van der Waals surface area (Å²) in [5.41, 5.74) is 3.61. The fourth-order valence-corrected chi connectivity index (χ4v) is 0.924. The van der Waals surface area contributed by atoms with E-state index in [-0.39, 0.29) is 5.43 Å². The van der Waals surface area contributed by atoms with Gasteiger partial charge < -0.3 is 5.43 Å². The lowest BCUT2D eigenvalue weighted by Gasteiger charge is -1.92. The third-order valence-corrected chi connectivity index (χ3v) is 1.49. The summed E-state index contributed by atoms with van der Waals surface area (Å²) in [5, 5.41) is 0.630. The zero-order valence-corrected chi connectivity index (χ0v) is 5.09. The molecule has 2 rings (SSSR count). The zero-order valence-electron chi connectivity index (χ0n) is 5.09. The predicted molar refractivity (Wildman–Crippen MR) is 38.2 cm³/mol. The summed E-state index contributed by atoms with van der Waals surface area (Å²) < 4.78 is 0. The number of hydrogen-bond acceptors (Lipinski definition) is 4. The van der Waals surface area contributed by atoms with Crippen LogP contribution in [0.4, 0.5) is 5.69 Å². The van der Waals surface area contributed by atoms with Gasteiger partial charge in [-0.1, -0.05) is 0 Å². The van der Waals surface area contributed by atoms with Crippen molar-refractivity contribution in [1.82, 2.24) is 4.98 Å². The minimum absolute atomic E-state index is 0.00190. The summed E-state index contributed by atoms with van der Waals surface area (Å²) in [5.74, 6) is 5.12. The SMILES string of the molecule is NNc1ccnc2c(=O)c12. The Morgan fingerprint density at radius 2 is 2.40 bits per heavy atom. The molecule has 10 heavy (non-hydrogen) atoms. The van der Waals surface area contributed by atoms with E-state index in [0.717, 1.165) is 0 Å². The first-order valence-electron chi connectivity index (χ1n) is 2.85. The average molecular weight is 135 g/mol. The minimum Gasteiger partial charge on any atom is -0.323 e. The number of hydrazine groups is 1. The van der Waals surface area contributed by atoms with E-state index >= 15 is 0 Å². The molecule has 0 atom stereocenters. The number of rotatable bonds is 1. The molecular weight excluding hydrogens is 130 g/mol. The second kappa shape index (κ2) is 1.54. The van der Waals surface area contributed by atoms with E-state index in [1.807, 2.05) is 0 Å². The third kappa shape index (κ3) is 0.484. The van der Waals surface area contributed by atoms with E-state index in [0.29, 0.717) is 16.6 Å². The Kier molecular flexibility index (Phi) is 0.829. The van der Waals surface area contributed by atoms with Gasteiger partial charge in [0.25, 0.3) is 0 Å². The highest BCUT2D eigenvalue weighted by atomic mass is 16.1. The molecule has 1 heterocycles. The molecule has 4 nitrogen and oxygen atoms in total. The summed E-state index contributed by atoms with van der Waals surface area (Å²) in [6, 6.07) is 1.67. The molecule has 0 unspecified atom stereocenters. The van der Waals surface area contributed by atoms with E-state index in [1.165, 1.54) is 0 Å². The van der Waals surface area contributed by atoms with Gasteiger partial charge in [0.15, 0.2) is 0 Å². The Morgan fingerprint density at radius 3 is 3.00 bits per heavy atom. The summed E-state index contributed by atoms with van der Waals surface area (Å²) in [4.78, 5) is 14.6. The van der Waals surface area contributed by atoms with Gasteiger partial charge in [-0.2, -0.15) is 0 Å². The van der Waals surface area contributed by atoms with Crippen molar-refractivity contribution >= 4 is 16.6 Å². The monoisotopic (exact) mass is 135 g/mol. The molecule has 0 aliphatic heterocycles. The first-order valence-corrected chi connectivity index (χ1v) is 2.85. The number of nitrogens with zero attached hydrogens (tertiary/aromatic N) is 1. The van der Waals surface area contributed by atoms with Gasteiger partial charge in [0.05, 0.1) is 11.1 Å². The van der Waals surface area contributed by atoms with E-state index in [1.54, 1.807) is 12.3 Å². The minimum atomic E-state index is -0.00190. The van der Waals surface area contributed by atoms with Gasteiger partial charge in [-0.3, -0.25) is 15.6 Å². The third-order valence-electron chi connectivity index (χ3n) is 1.49. The molecule has 0 bridgehead atoms. The number of nitrogens with two attached hydrogens (primary N) is 1. The molecule has 3 N–H and O–H groups in total. The number of anilines is 1. The van der Waals surface area contributed by atoms with Crippen molar-refractivity contribution < 1.29 is 0 Å². The summed E-state index contributed by atoms with van der Waals surface area (Å²) in [7, 11) is 0. The van der Waals surface area contributed by atoms with Crippen molar-refractivity contribution in [3.63, 3.8) is 0 Å². The number of fused-ring (bicyclic) bond motifs is 1. The van der Waals surface area contributed by atoms with Crippen LogP contribution in [0.2, 0.25) is 0 Å². The van der Waals surface area contributed by atoms with E-state index in [4.69, 9.17) is 5.84 Å². The second-order valence-electron chi connectivity index (χ2n) is 2.06. The fraction of sp³-hybridized carbons (Fsp3) is 0. The zero-order chi connectivity index (χ0) is 7.14. The first-order chi connectivity index (χ1) is 4.84. The van der Waals surface area contributed by atoms with Crippen LogP contribution >= 0.6 is 0 Å². The Hall–Kier alpha value is -1.42. The number of pyridine rings is 1. The Balaban J connectivity index is 2.76. The topological polar surface area (TPSA) is 68.0 Å². The predicted octanol–water partition coefficient (Wildman–Crippen LogP) is -0.244. The smallest absolute Gasteiger partial charge is 0.216 e. The van der Waals surface area contributed by atoms with E-state index < -0.39 is 0 Å². The highest BCUT2D eigenvalue weighted by molar-refractivity contribution is 6.03. The van der Waals surface area contributed by atoms with Gasteiger partial charge in [0.2, 0.25) is 5.43 Å². The van der Waals surface area contributed by atoms with Crippen LogP contribution in [0.5, 0.6) is 0 Å². The molecule has 0 saturated carbocycles. The summed E-state index contributed by atoms with van der Waals surface area (Å²) in [6.45, 7) is 0. The quantitative estimate of drug-likeness (QED) is 0.418. The summed E-state index contributed by atoms with van der Waals surface area (Å²) >= 11 is 0. The molecule has 1 aromatic heterocycles. The molecule has 0 radical (unpaired) electrons. The Morgan fingerprint density at radius 1 is 1.60 bits per heavy atom. The van der Waals surface area contributed by atoms with Crippen LogP contribution < -0.4 is 16.7 Å². The average Bonchev–Trinajstić information content (AvgIpc) is 2.63. The highest BCUT2D eigenvalue weighted by Gasteiger charge is 2.16. The van der Waals surface area contributed by atoms with E-state index in [9.17, 15) is 4.79 Å². The largest absolute Gasteiger partial charge is 0.323 e. The number of hydrogen-bond donors (Lipinski definition) is 2. The maximum absolute atomic E-state index is 10.8. The van der Waals surface area contributed by atoms with Gasteiger partial charge in [0.1, 0.15) is 5.52 Å². The first kappa shape index (κ1) is 5.37. The van der Waals surface area contributed by atoms with Gasteiger partial charge in [-0.25, -0.2) is 0 Å². The molecule has 0 saturated heterocycles. The van der Waals surface area contributed by atoms with Crippen molar-refractivity contribution in [1.29, 1.82) is 0 Å². The van der Waals surface area contributed by atoms with Crippen molar-refractivity contribution in [3.8, 4) is 0 Å². The second-order valence-corrected chi connectivity index (χ2v) is 2.06. The number of nitrogens with one attached hydrogen (secondary N) is 1. The lowest BCUT2D eigenvalue weighted by Crippen LogP contribution is -2.06. The lowest BCUT2D eigenvalue weighted by molar-refractivity contribution is 1.35. The maximum atomic E-state index is 10.8. The van der Waals surface area contributed by atoms with Crippen molar-refractivity contribution in [2.45, 2.75) is 0 Å². The molecule has 0 fully saturated rings. The molecule has 2 aromatic rings. The van der Waals surface area contributed by atoms with Crippen LogP contribution in [0.1, 0.15) is 0 Å². The van der Waals surface area contributed by atoms with Gasteiger partial charge >= 0.3 is 0 Å². The maximum Gasteiger partial charge on any atom is 0.216 e. The van der Waals surface area contributed by atoms with Crippen LogP contribution in [0.3, 0.4) is 0 Å². The Bertz CT molecular complexity index is 386.